The summed E-state index contributed by atoms with van der Waals surface area (Å²) >= 11 is 0. The van der Waals surface area contributed by atoms with Gasteiger partial charge in [0.05, 0.1) is 11.6 Å². The highest BCUT2D eigenvalue weighted by Gasteiger charge is 2.51. The second-order valence-corrected chi connectivity index (χ2v) is 7.76. The standard InChI is InChI=1S/C20H24N2O3.CH2O2/c23-18-7-9-22(13-20(18,19(24)25)11-14-3-4-14)12-15-5-6-17-16(10-15)2-1-8-21-17;2-1-3/h1-2,5-6,8,10,14,18,23H,3-4,7,9,11-13H2,(H,24,25);1H,(H,2,3)/t18-,20+;/m0./s1. The summed E-state index contributed by atoms with van der Waals surface area (Å²) in [4.78, 5) is 26.9. The highest BCUT2D eigenvalue weighted by atomic mass is 16.4. The molecule has 0 amide bonds. The average molecular weight is 386 g/mol. The van der Waals surface area contributed by atoms with Gasteiger partial charge < -0.3 is 15.3 Å². The molecular formula is C21H26N2O5. The van der Waals surface area contributed by atoms with Crippen LogP contribution < -0.4 is 0 Å². The maximum Gasteiger partial charge on any atom is 0.313 e. The van der Waals surface area contributed by atoms with Crippen molar-refractivity contribution in [2.75, 3.05) is 13.1 Å². The van der Waals surface area contributed by atoms with Crippen LogP contribution in [-0.2, 0) is 16.1 Å². The topological polar surface area (TPSA) is 111 Å². The normalized spacial score (nSPS) is 25.0. The fraction of sp³-hybridized carbons (Fsp3) is 0.476. The summed E-state index contributed by atoms with van der Waals surface area (Å²) in [6, 6.07) is 10.2. The van der Waals surface area contributed by atoms with E-state index in [1.165, 1.54) is 0 Å². The Hall–Kier alpha value is -2.51. The smallest absolute Gasteiger partial charge is 0.313 e. The Balaban J connectivity index is 0.000000706. The number of nitrogens with zero attached hydrogens (tertiary/aromatic N) is 2. The van der Waals surface area contributed by atoms with Crippen molar-refractivity contribution >= 4 is 23.3 Å². The zero-order valence-electron chi connectivity index (χ0n) is 15.7. The Bertz CT molecular complexity index is 838. The summed E-state index contributed by atoms with van der Waals surface area (Å²) < 4.78 is 0. The molecule has 3 N–H and O–H groups in total. The maximum absolute atomic E-state index is 12.0. The van der Waals surface area contributed by atoms with Crippen LogP contribution in [0.25, 0.3) is 10.9 Å². The van der Waals surface area contributed by atoms with Gasteiger partial charge in [0.15, 0.2) is 0 Å². The molecule has 2 aromatic rings. The van der Waals surface area contributed by atoms with E-state index in [0.717, 1.165) is 35.9 Å². The third kappa shape index (κ3) is 4.48. The molecule has 1 aromatic carbocycles. The molecule has 4 rings (SSSR count). The molecule has 2 fully saturated rings. The quantitative estimate of drug-likeness (QED) is 0.677. The first-order chi connectivity index (χ1) is 13.5. The summed E-state index contributed by atoms with van der Waals surface area (Å²) in [5.41, 5.74) is 1.11. The van der Waals surface area contributed by atoms with Gasteiger partial charge in [-0.3, -0.25) is 19.5 Å². The molecule has 0 radical (unpaired) electrons. The molecule has 28 heavy (non-hydrogen) atoms. The third-order valence-electron chi connectivity index (χ3n) is 5.71. The van der Waals surface area contributed by atoms with Crippen molar-refractivity contribution in [2.45, 2.75) is 38.3 Å². The van der Waals surface area contributed by atoms with Gasteiger partial charge in [-0.15, -0.1) is 0 Å². The van der Waals surface area contributed by atoms with Crippen LogP contribution in [0, 0.1) is 11.3 Å². The van der Waals surface area contributed by atoms with Crippen LogP contribution in [0.2, 0.25) is 0 Å². The number of carboxylic acid groups (broad SMARTS) is 2. The predicted octanol–water partition coefficient (Wildman–Crippen LogP) is 2.37. The zero-order valence-corrected chi connectivity index (χ0v) is 15.7. The van der Waals surface area contributed by atoms with Crippen LogP contribution in [0.15, 0.2) is 36.5 Å². The summed E-state index contributed by atoms with van der Waals surface area (Å²) in [5.74, 6) is -0.378. The van der Waals surface area contributed by atoms with Crippen LogP contribution in [0.1, 0.15) is 31.2 Å². The lowest BCUT2D eigenvalue weighted by Gasteiger charge is -2.43. The van der Waals surface area contributed by atoms with E-state index < -0.39 is 17.5 Å². The number of benzene rings is 1. The van der Waals surface area contributed by atoms with E-state index in [4.69, 9.17) is 9.90 Å². The number of aromatic nitrogens is 1. The lowest BCUT2D eigenvalue weighted by molar-refractivity contribution is -0.165. The molecule has 2 aliphatic rings. The number of pyridine rings is 1. The number of hydrogen-bond donors (Lipinski definition) is 3. The summed E-state index contributed by atoms with van der Waals surface area (Å²) in [6.45, 7) is 1.61. The number of piperidine rings is 1. The number of aliphatic hydroxyl groups excluding tert-OH is 1. The molecule has 2 atom stereocenters. The molecule has 7 heteroatoms. The van der Waals surface area contributed by atoms with Crippen molar-refractivity contribution < 1.29 is 24.9 Å². The van der Waals surface area contributed by atoms with Crippen molar-refractivity contribution in [1.82, 2.24) is 9.88 Å². The zero-order chi connectivity index (χ0) is 20.1. The van der Waals surface area contributed by atoms with Crippen LogP contribution in [-0.4, -0.2) is 56.8 Å². The number of carbonyl (C=O) groups is 2. The molecule has 1 aromatic heterocycles. The Kier molecular flexibility index (Phi) is 6.26. The molecular weight excluding hydrogens is 360 g/mol. The molecule has 1 aliphatic carbocycles. The van der Waals surface area contributed by atoms with Gasteiger partial charge in [-0.25, -0.2) is 0 Å². The van der Waals surface area contributed by atoms with Crippen molar-refractivity contribution in [3.8, 4) is 0 Å². The van der Waals surface area contributed by atoms with Crippen molar-refractivity contribution in [2.24, 2.45) is 11.3 Å². The first-order valence-corrected chi connectivity index (χ1v) is 9.54. The monoisotopic (exact) mass is 386 g/mol. The van der Waals surface area contributed by atoms with Gasteiger partial charge >= 0.3 is 5.97 Å². The van der Waals surface area contributed by atoms with Gasteiger partial charge in [0.2, 0.25) is 0 Å². The molecule has 0 unspecified atom stereocenters. The summed E-state index contributed by atoms with van der Waals surface area (Å²) in [7, 11) is 0. The van der Waals surface area contributed by atoms with Gasteiger partial charge in [0.1, 0.15) is 5.41 Å². The van der Waals surface area contributed by atoms with E-state index in [0.29, 0.717) is 31.8 Å². The minimum atomic E-state index is -1.02. The third-order valence-corrected chi connectivity index (χ3v) is 5.71. The molecule has 2 heterocycles. The van der Waals surface area contributed by atoms with Crippen LogP contribution in [0.4, 0.5) is 0 Å². The fourth-order valence-electron chi connectivity index (χ4n) is 4.12. The van der Waals surface area contributed by atoms with Gasteiger partial charge in [-0.1, -0.05) is 25.0 Å². The molecule has 7 nitrogen and oxygen atoms in total. The van der Waals surface area contributed by atoms with E-state index in [-0.39, 0.29) is 6.47 Å². The lowest BCUT2D eigenvalue weighted by Crippen LogP contribution is -2.55. The first kappa shape index (κ1) is 20.2. The average Bonchev–Trinajstić information content (AvgIpc) is 3.49. The van der Waals surface area contributed by atoms with E-state index in [2.05, 4.69) is 22.0 Å². The van der Waals surface area contributed by atoms with Crippen molar-refractivity contribution in [3.05, 3.63) is 42.1 Å². The summed E-state index contributed by atoms with van der Waals surface area (Å²) in [5, 5.41) is 28.3. The van der Waals surface area contributed by atoms with Crippen LogP contribution in [0.3, 0.4) is 0 Å². The largest absolute Gasteiger partial charge is 0.483 e. The Morgan fingerprint density at radius 2 is 2.04 bits per heavy atom. The molecule has 150 valence electrons. The maximum atomic E-state index is 12.0. The SMILES string of the molecule is O=C(O)[C@]1(CC2CC2)CN(Cc2ccc3ncccc3c2)CC[C@@H]1O.O=CO. The van der Waals surface area contributed by atoms with E-state index >= 15 is 0 Å². The highest BCUT2D eigenvalue weighted by molar-refractivity contribution is 5.79. The fourth-order valence-corrected chi connectivity index (χ4v) is 4.12. The van der Waals surface area contributed by atoms with Gasteiger partial charge in [0.25, 0.3) is 6.47 Å². The van der Waals surface area contributed by atoms with Crippen LogP contribution in [0.5, 0.6) is 0 Å². The Labute approximate surface area is 163 Å². The number of aliphatic carboxylic acids is 1. The molecule has 1 saturated heterocycles. The molecule has 1 saturated carbocycles. The summed E-state index contributed by atoms with van der Waals surface area (Å²) in [6.07, 6.45) is 4.35. The second kappa shape index (κ2) is 8.67. The lowest BCUT2D eigenvalue weighted by atomic mass is 9.73. The Morgan fingerprint density at radius 3 is 2.71 bits per heavy atom. The highest BCUT2D eigenvalue weighted by Crippen LogP contribution is 2.45. The molecule has 0 bridgehead atoms. The van der Waals surface area contributed by atoms with Gasteiger partial charge in [0, 0.05) is 31.2 Å². The minimum absolute atomic E-state index is 0.250. The minimum Gasteiger partial charge on any atom is -0.483 e. The van der Waals surface area contributed by atoms with E-state index in [1.807, 2.05) is 18.2 Å². The number of carboxylic acids is 1. The Morgan fingerprint density at radius 1 is 1.29 bits per heavy atom. The number of aliphatic hydroxyl groups is 1. The number of fused-ring (bicyclic) bond motifs is 1. The van der Waals surface area contributed by atoms with Crippen molar-refractivity contribution in [3.63, 3.8) is 0 Å². The molecule has 1 aliphatic heterocycles. The predicted molar refractivity (Wildman–Crippen MR) is 104 cm³/mol. The van der Waals surface area contributed by atoms with E-state index in [9.17, 15) is 15.0 Å². The number of hydrogen-bond acceptors (Lipinski definition) is 5. The van der Waals surface area contributed by atoms with E-state index in [1.54, 1.807) is 6.20 Å². The number of likely N-dealkylation sites (tertiary alicyclic amines) is 1. The molecule has 0 spiro atoms. The van der Waals surface area contributed by atoms with Crippen LogP contribution >= 0.6 is 0 Å². The number of rotatable bonds is 5. The van der Waals surface area contributed by atoms with Gasteiger partial charge in [-0.05, 0) is 42.5 Å². The van der Waals surface area contributed by atoms with Crippen molar-refractivity contribution in [1.29, 1.82) is 0 Å². The van der Waals surface area contributed by atoms with Gasteiger partial charge in [-0.2, -0.15) is 0 Å². The second-order valence-electron chi connectivity index (χ2n) is 7.76. The first-order valence-electron chi connectivity index (χ1n) is 9.54.